The van der Waals surface area contributed by atoms with Crippen molar-refractivity contribution in [1.82, 2.24) is 0 Å². The highest BCUT2D eigenvalue weighted by Gasteiger charge is 2.20. The van der Waals surface area contributed by atoms with E-state index < -0.39 is 28.3 Å². The van der Waals surface area contributed by atoms with Gasteiger partial charge in [-0.2, -0.15) is 0 Å². The van der Waals surface area contributed by atoms with Crippen LogP contribution in [0, 0.1) is 17.5 Å². The van der Waals surface area contributed by atoms with E-state index in [0.717, 1.165) is 6.07 Å². The van der Waals surface area contributed by atoms with Gasteiger partial charge in [0.2, 0.25) is 0 Å². The number of aryl methyl sites for hydroxylation is 1. The van der Waals surface area contributed by atoms with Crippen LogP contribution in [0.1, 0.15) is 22.8 Å². The van der Waals surface area contributed by atoms with Crippen molar-refractivity contribution in [2.24, 2.45) is 0 Å². The summed E-state index contributed by atoms with van der Waals surface area (Å²) in [6.07, 6.45) is 0.153. The summed E-state index contributed by atoms with van der Waals surface area (Å²) in [6, 6.07) is 0.920. The maximum Gasteiger partial charge on any atom is 0.255 e. The number of halogens is 4. The minimum Gasteiger partial charge on any atom is -0.275 e. The molecule has 1 aromatic carbocycles. The molecule has 0 spiro atoms. The molecule has 1 aromatic rings. The van der Waals surface area contributed by atoms with Crippen LogP contribution in [0.2, 0.25) is 0 Å². The zero-order chi connectivity index (χ0) is 10.9. The third kappa shape index (κ3) is 1.75. The molecule has 1 nitrogen and oxygen atoms in total. The number of benzene rings is 1. The molecule has 0 bridgehead atoms. The van der Waals surface area contributed by atoms with E-state index >= 15 is 0 Å². The van der Waals surface area contributed by atoms with Gasteiger partial charge in [-0.15, -0.1) is 0 Å². The summed E-state index contributed by atoms with van der Waals surface area (Å²) >= 11 is 4.99. The van der Waals surface area contributed by atoms with Gasteiger partial charge in [0.15, 0.2) is 17.5 Å². The van der Waals surface area contributed by atoms with Gasteiger partial charge in [0.1, 0.15) is 0 Å². The SMILES string of the molecule is CCc1cc(C(=O)Cl)c(F)c(F)c1F. The highest BCUT2D eigenvalue weighted by atomic mass is 35.5. The van der Waals surface area contributed by atoms with Crippen LogP contribution in [-0.2, 0) is 6.42 Å². The summed E-state index contributed by atoms with van der Waals surface area (Å²) in [5.74, 6) is -4.47. The lowest BCUT2D eigenvalue weighted by molar-refractivity contribution is 0.107. The molecule has 14 heavy (non-hydrogen) atoms. The lowest BCUT2D eigenvalue weighted by Crippen LogP contribution is -2.04. The van der Waals surface area contributed by atoms with Gasteiger partial charge in [-0.05, 0) is 29.7 Å². The summed E-state index contributed by atoms with van der Waals surface area (Å²) in [5.41, 5.74) is -0.713. The average molecular weight is 223 g/mol. The largest absolute Gasteiger partial charge is 0.275 e. The summed E-state index contributed by atoms with van der Waals surface area (Å²) in [6.45, 7) is 1.55. The minimum absolute atomic E-state index is 0.0760. The van der Waals surface area contributed by atoms with Gasteiger partial charge in [0, 0.05) is 0 Å². The van der Waals surface area contributed by atoms with Crippen LogP contribution < -0.4 is 0 Å². The monoisotopic (exact) mass is 222 g/mol. The molecular formula is C9H6ClF3O. The van der Waals surface area contributed by atoms with Crippen LogP contribution in [-0.4, -0.2) is 5.24 Å². The van der Waals surface area contributed by atoms with Crippen LogP contribution in [0.3, 0.4) is 0 Å². The van der Waals surface area contributed by atoms with E-state index in [-0.39, 0.29) is 12.0 Å². The normalized spacial score (nSPS) is 10.4. The first-order valence-electron chi connectivity index (χ1n) is 3.85. The van der Waals surface area contributed by atoms with Gasteiger partial charge < -0.3 is 0 Å². The summed E-state index contributed by atoms with van der Waals surface area (Å²) in [5, 5.41) is -1.14. The van der Waals surface area contributed by atoms with Crippen LogP contribution in [0.5, 0.6) is 0 Å². The smallest absolute Gasteiger partial charge is 0.255 e. The topological polar surface area (TPSA) is 17.1 Å². The lowest BCUT2D eigenvalue weighted by atomic mass is 10.1. The second-order valence-corrected chi connectivity index (χ2v) is 3.00. The highest BCUT2D eigenvalue weighted by Crippen LogP contribution is 2.21. The predicted octanol–water partition coefficient (Wildman–Crippen LogP) is 3.05. The van der Waals surface area contributed by atoms with Crippen molar-refractivity contribution < 1.29 is 18.0 Å². The number of carbonyl (C=O) groups excluding carboxylic acids is 1. The second kappa shape index (κ2) is 4.00. The second-order valence-electron chi connectivity index (χ2n) is 2.65. The number of carbonyl (C=O) groups is 1. The summed E-state index contributed by atoms with van der Waals surface area (Å²) in [7, 11) is 0. The number of hydrogen-bond acceptors (Lipinski definition) is 1. The van der Waals surface area contributed by atoms with Gasteiger partial charge >= 0.3 is 0 Å². The zero-order valence-electron chi connectivity index (χ0n) is 7.20. The number of hydrogen-bond donors (Lipinski definition) is 0. The average Bonchev–Trinajstić information content (AvgIpc) is 2.14. The standard InChI is InChI=1S/C9H6ClF3O/c1-2-4-3-5(9(10)14)7(12)8(13)6(4)11/h3H,2H2,1H3. The molecule has 0 unspecified atom stereocenters. The van der Waals surface area contributed by atoms with Crippen LogP contribution in [0.4, 0.5) is 13.2 Å². The first-order chi connectivity index (χ1) is 6.49. The molecule has 0 aliphatic carbocycles. The van der Waals surface area contributed by atoms with Crippen molar-refractivity contribution in [3.8, 4) is 0 Å². The van der Waals surface area contributed by atoms with Crippen molar-refractivity contribution >= 4 is 16.8 Å². The van der Waals surface area contributed by atoms with E-state index in [2.05, 4.69) is 0 Å². The molecule has 0 saturated carbocycles. The predicted molar refractivity (Wildman–Crippen MR) is 45.9 cm³/mol. The quantitative estimate of drug-likeness (QED) is 0.555. The maximum absolute atomic E-state index is 12.9. The lowest BCUT2D eigenvalue weighted by Gasteiger charge is -2.04. The Hall–Kier alpha value is -1.03. The zero-order valence-corrected chi connectivity index (χ0v) is 7.96. The third-order valence-electron chi connectivity index (χ3n) is 1.82. The van der Waals surface area contributed by atoms with Crippen molar-refractivity contribution in [2.75, 3.05) is 0 Å². The molecule has 0 aromatic heterocycles. The van der Waals surface area contributed by atoms with E-state index in [9.17, 15) is 18.0 Å². The van der Waals surface area contributed by atoms with E-state index in [0.29, 0.717) is 0 Å². The van der Waals surface area contributed by atoms with Crippen molar-refractivity contribution in [3.05, 3.63) is 34.6 Å². The Morgan fingerprint density at radius 1 is 1.29 bits per heavy atom. The third-order valence-corrected chi connectivity index (χ3v) is 2.02. The Morgan fingerprint density at radius 2 is 1.86 bits per heavy atom. The van der Waals surface area contributed by atoms with Crippen molar-refractivity contribution in [2.45, 2.75) is 13.3 Å². The Morgan fingerprint density at radius 3 is 2.29 bits per heavy atom. The molecule has 0 N–H and O–H groups in total. The molecule has 5 heteroatoms. The maximum atomic E-state index is 12.9. The molecule has 0 fully saturated rings. The summed E-state index contributed by atoms with van der Waals surface area (Å²) in [4.78, 5) is 10.6. The molecular weight excluding hydrogens is 217 g/mol. The van der Waals surface area contributed by atoms with Gasteiger partial charge in [-0.1, -0.05) is 6.92 Å². The molecule has 0 amide bonds. The van der Waals surface area contributed by atoms with Gasteiger partial charge in [0.25, 0.3) is 5.24 Å². The number of rotatable bonds is 2. The Bertz CT molecular complexity index is 390. The molecule has 0 atom stereocenters. The molecule has 0 radical (unpaired) electrons. The molecule has 1 rings (SSSR count). The molecule has 0 aliphatic heterocycles. The molecule has 76 valence electrons. The Labute approximate surface area is 83.5 Å². The van der Waals surface area contributed by atoms with Crippen LogP contribution in [0.15, 0.2) is 6.07 Å². The molecule has 0 heterocycles. The van der Waals surface area contributed by atoms with Gasteiger partial charge in [-0.25, -0.2) is 13.2 Å². The van der Waals surface area contributed by atoms with Gasteiger partial charge in [-0.3, -0.25) is 4.79 Å². The van der Waals surface area contributed by atoms with Crippen LogP contribution >= 0.6 is 11.6 Å². The fourth-order valence-corrected chi connectivity index (χ4v) is 1.19. The highest BCUT2D eigenvalue weighted by molar-refractivity contribution is 6.67. The molecule has 0 saturated heterocycles. The molecule has 0 aliphatic rings. The minimum atomic E-state index is -1.66. The van der Waals surface area contributed by atoms with Crippen molar-refractivity contribution in [1.29, 1.82) is 0 Å². The van der Waals surface area contributed by atoms with Crippen LogP contribution in [0.25, 0.3) is 0 Å². The Kier molecular flexibility index (Phi) is 3.16. The van der Waals surface area contributed by atoms with E-state index in [4.69, 9.17) is 11.6 Å². The summed E-state index contributed by atoms with van der Waals surface area (Å²) < 4.78 is 38.7. The van der Waals surface area contributed by atoms with Crippen molar-refractivity contribution in [3.63, 3.8) is 0 Å². The fourth-order valence-electron chi connectivity index (χ4n) is 1.06. The van der Waals surface area contributed by atoms with E-state index in [1.807, 2.05) is 0 Å². The first-order valence-corrected chi connectivity index (χ1v) is 4.23. The van der Waals surface area contributed by atoms with E-state index in [1.165, 1.54) is 0 Å². The Balaban J connectivity index is 3.48. The van der Waals surface area contributed by atoms with E-state index in [1.54, 1.807) is 6.92 Å². The van der Waals surface area contributed by atoms with Gasteiger partial charge in [0.05, 0.1) is 5.56 Å². The first kappa shape index (κ1) is 11.0. The fraction of sp³-hybridized carbons (Fsp3) is 0.222.